The third-order valence-corrected chi connectivity index (χ3v) is 2.90. The Hall–Kier alpha value is -1.26. The summed E-state index contributed by atoms with van der Waals surface area (Å²) in [4.78, 5) is 21.5. The molecule has 0 radical (unpaired) electrons. The number of hydrogen-bond acceptors (Lipinski definition) is 7. The molecular weight excluding hydrogens is 252 g/mol. The van der Waals surface area contributed by atoms with Crippen LogP contribution in [0.1, 0.15) is 0 Å². The van der Waals surface area contributed by atoms with Crippen LogP contribution in [0.5, 0.6) is 0 Å². The molecule has 3 aliphatic heterocycles. The zero-order valence-electron chi connectivity index (χ0n) is 8.92. The highest BCUT2D eigenvalue weighted by atomic mass is 16.9. The van der Waals surface area contributed by atoms with Crippen LogP contribution in [0.4, 0.5) is 0 Å². The summed E-state index contributed by atoms with van der Waals surface area (Å²) >= 11 is 0. The van der Waals surface area contributed by atoms with E-state index in [4.69, 9.17) is 33.9 Å². The molecule has 3 aliphatic rings. The zero-order valence-corrected chi connectivity index (χ0v) is 8.92. The Morgan fingerprint density at radius 1 is 0.889 bits per heavy atom. The minimum atomic E-state index is -1.42. The molecule has 6 unspecified atom stereocenters. The van der Waals surface area contributed by atoms with E-state index in [0.717, 1.165) is 0 Å². The summed E-state index contributed by atoms with van der Waals surface area (Å²) in [6.07, 6.45) is -5.70. The summed E-state index contributed by atoms with van der Waals surface area (Å²) in [6, 6.07) is 0. The molecule has 18 heavy (non-hydrogen) atoms. The average molecular weight is 262 g/mol. The van der Waals surface area contributed by atoms with E-state index in [0.29, 0.717) is 0 Å². The van der Waals surface area contributed by atoms with E-state index in [9.17, 15) is 9.59 Å². The molecule has 2 N–H and O–H groups in total. The van der Waals surface area contributed by atoms with Gasteiger partial charge in [-0.3, -0.25) is 0 Å². The third-order valence-electron chi connectivity index (χ3n) is 2.90. The Labute approximate surface area is 100 Å². The quantitative estimate of drug-likeness (QED) is 0.603. The maximum Gasteiger partial charge on any atom is 0.361 e. The van der Waals surface area contributed by atoms with Gasteiger partial charge in [-0.1, -0.05) is 0 Å². The Morgan fingerprint density at radius 2 is 1.56 bits per heavy atom. The summed E-state index contributed by atoms with van der Waals surface area (Å²) < 4.78 is 25.6. The van der Waals surface area contributed by atoms with Gasteiger partial charge in [-0.05, 0) is 0 Å². The molecule has 0 aliphatic carbocycles. The molecule has 3 rings (SSSR count). The smallest absolute Gasteiger partial charge is 0.361 e. The Morgan fingerprint density at radius 3 is 2.22 bits per heavy atom. The fourth-order valence-corrected chi connectivity index (χ4v) is 2.15. The largest absolute Gasteiger partial charge is 0.477 e. The molecule has 3 heterocycles. The normalized spacial score (nSPS) is 46.4. The minimum Gasteiger partial charge on any atom is -0.477 e. The van der Waals surface area contributed by atoms with E-state index in [1.54, 1.807) is 0 Å². The fraction of sp³-hybridized carbons (Fsp3) is 0.778. The van der Waals surface area contributed by atoms with Crippen LogP contribution in [0, 0.1) is 0 Å². The van der Waals surface area contributed by atoms with Gasteiger partial charge in [0.05, 0.1) is 6.61 Å². The second kappa shape index (κ2) is 4.14. The van der Waals surface area contributed by atoms with Crippen molar-refractivity contribution in [3.05, 3.63) is 0 Å². The molecule has 0 bridgehead atoms. The number of carboxylic acids is 2. The molecule has 9 heteroatoms. The number of fused-ring (bicyclic) bond motifs is 3. The number of aliphatic carboxylic acids is 2. The van der Waals surface area contributed by atoms with Crippen LogP contribution in [-0.4, -0.2) is 65.9 Å². The summed E-state index contributed by atoms with van der Waals surface area (Å²) in [7, 11) is 0. The summed E-state index contributed by atoms with van der Waals surface area (Å²) in [5.74, 6) is -2.53. The van der Waals surface area contributed by atoms with Gasteiger partial charge in [-0.15, -0.1) is 0 Å². The topological polar surface area (TPSA) is 121 Å². The van der Waals surface area contributed by atoms with Gasteiger partial charge in [-0.25, -0.2) is 9.59 Å². The van der Waals surface area contributed by atoms with Gasteiger partial charge in [0.1, 0.15) is 18.3 Å². The van der Waals surface area contributed by atoms with Crippen molar-refractivity contribution in [2.45, 2.75) is 37.2 Å². The summed E-state index contributed by atoms with van der Waals surface area (Å²) in [5, 5.41) is 17.5. The maximum atomic E-state index is 10.8. The number of ether oxygens (including phenoxy) is 5. The van der Waals surface area contributed by atoms with E-state index in [2.05, 4.69) is 0 Å². The minimum absolute atomic E-state index is 0.0269. The van der Waals surface area contributed by atoms with Gasteiger partial charge >= 0.3 is 11.9 Å². The molecular formula is C9H10O9. The van der Waals surface area contributed by atoms with Gasteiger partial charge in [0, 0.05) is 0 Å². The van der Waals surface area contributed by atoms with Gasteiger partial charge in [0.25, 0.3) is 12.6 Å². The summed E-state index contributed by atoms with van der Waals surface area (Å²) in [6.45, 7) is 0.0269. The molecule has 9 nitrogen and oxygen atoms in total. The Balaban J connectivity index is 1.71. The number of carbonyl (C=O) groups is 2. The third kappa shape index (κ3) is 1.76. The predicted octanol–water partition coefficient (Wildman–Crippen LogP) is -1.64. The standard InChI is InChI=1S/C9H10O9/c10-5(11)8-14-1-2-3(16-8)4-7(15-2)18-9(17-4)6(12)13/h2-4,7-9H,1H2,(H,10,11)(H,12,13). The Bertz CT molecular complexity index is 382. The van der Waals surface area contributed by atoms with Crippen molar-refractivity contribution in [2.75, 3.05) is 6.61 Å². The molecule has 6 atom stereocenters. The molecule has 0 saturated carbocycles. The number of carboxylic acid groups (broad SMARTS) is 2. The van der Waals surface area contributed by atoms with Crippen molar-refractivity contribution in [2.24, 2.45) is 0 Å². The van der Waals surface area contributed by atoms with E-state index in [1.807, 2.05) is 0 Å². The molecule has 3 fully saturated rings. The van der Waals surface area contributed by atoms with Crippen LogP contribution in [-0.2, 0) is 33.3 Å². The zero-order chi connectivity index (χ0) is 12.9. The van der Waals surface area contributed by atoms with Gasteiger partial charge in [0.2, 0.25) is 0 Å². The van der Waals surface area contributed by atoms with E-state index >= 15 is 0 Å². The van der Waals surface area contributed by atoms with Crippen molar-refractivity contribution < 1.29 is 43.5 Å². The highest BCUT2D eigenvalue weighted by Crippen LogP contribution is 2.36. The first-order valence-electron chi connectivity index (χ1n) is 5.25. The summed E-state index contributed by atoms with van der Waals surface area (Å²) in [5.41, 5.74) is 0. The first-order chi connectivity index (χ1) is 8.56. The highest BCUT2D eigenvalue weighted by molar-refractivity contribution is 5.71. The van der Waals surface area contributed by atoms with E-state index in [1.165, 1.54) is 0 Å². The molecule has 0 aromatic heterocycles. The van der Waals surface area contributed by atoms with Crippen molar-refractivity contribution >= 4 is 11.9 Å². The van der Waals surface area contributed by atoms with E-state index < -0.39 is 49.1 Å². The first kappa shape index (κ1) is 11.8. The molecule has 0 aromatic rings. The van der Waals surface area contributed by atoms with Crippen LogP contribution >= 0.6 is 0 Å². The lowest BCUT2D eigenvalue weighted by molar-refractivity contribution is -0.267. The van der Waals surface area contributed by atoms with Crippen molar-refractivity contribution in [3.8, 4) is 0 Å². The second-order valence-electron chi connectivity index (χ2n) is 4.05. The monoisotopic (exact) mass is 262 g/mol. The fourth-order valence-electron chi connectivity index (χ4n) is 2.15. The predicted molar refractivity (Wildman–Crippen MR) is 48.3 cm³/mol. The van der Waals surface area contributed by atoms with Gasteiger partial charge in [0.15, 0.2) is 6.29 Å². The molecule has 100 valence electrons. The lowest BCUT2D eigenvalue weighted by Crippen LogP contribution is -2.48. The van der Waals surface area contributed by atoms with Crippen LogP contribution in [0.3, 0.4) is 0 Å². The van der Waals surface area contributed by atoms with Gasteiger partial charge in [-0.2, -0.15) is 0 Å². The van der Waals surface area contributed by atoms with Crippen molar-refractivity contribution in [1.29, 1.82) is 0 Å². The van der Waals surface area contributed by atoms with E-state index in [-0.39, 0.29) is 6.61 Å². The SMILES string of the molecule is O=C(O)C1OCC2OC3OC(C(=O)O)OC3C2O1. The average Bonchev–Trinajstić information content (AvgIpc) is 2.84. The van der Waals surface area contributed by atoms with Crippen LogP contribution in [0.15, 0.2) is 0 Å². The highest BCUT2D eigenvalue weighted by Gasteiger charge is 2.57. The lowest BCUT2D eigenvalue weighted by Gasteiger charge is -2.30. The van der Waals surface area contributed by atoms with Crippen LogP contribution in [0.2, 0.25) is 0 Å². The maximum absolute atomic E-state index is 10.8. The second-order valence-corrected chi connectivity index (χ2v) is 4.05. The lowest BCUT2D eigenvalue weighted by atomic mass is 10.1. The molecule has 0 spiro atoms. The molecule has 3 saturated heterocycles. The van der Waals surface area contributed by atoms with Crippen molar-refractivity contribution in [3.63, 3.8) is 0 Å². The Kier molecular flexibility index (Phi) is 2.72. The van der Waals surface area contributed by atoms with Crippen LogP contribution < -0.4 is 0 Å². The number of rotatable bonds is 2. The van der Waals surface area contributed by atoms with Crippen molar-refractivity contribution in [1.82, 2.24) is 0 Å². The molecule has 0 aromatic carbocycles. The van der Waals surface area contributed by atoms with Crippen LogP contribution in [0.25, 0.3) is 0 Å². The van der Waals surface area contributed by atoms with Gasteiger partial charge < -0.3 is 33.9 Å². The molecule has 0 amide bonds. The first-order valence-corrected chi connectivity index (χ1v) is 5.25. The number of hydrogen-bond donors (Lipinski definition) is 2.